The fourth-order valence-corrected chi connectivity index (χ4v) is 4.54. The summed E-state index contributed by atoms with van der Waals surface area (Å²) in [5, 5.41) is 20.1. The molecule has 1 saturated carbocycles. The van der Waals surface area contributed by atoms with Gasteiger partial charge in [0.15, 0.2) is 17.7 Å². The van der Waals surface area contributed by atoms with Crippen LogP contribution >= 0.6 is 0 Å². The molecule has 1 N–H and O–H groups in total. The Labute approximate surface area is 128 Å². The molecule has 1 aromatic rings. The zero-order chi connectivity index (χ0) is 15.1. The predicted molar refractivity (Wildman–Crippen MR) is 73.8 cm³/mol. The summed E-state index contributed by atoms with van der Waals surface area (Å²) in [6.45, 7) is 4.19. The van der Waals surface area contributed by atoms with Gasteiger partial charge in [-0.05, 0) is 26.7 Å². The van der Waals surface area contributed by atoms with Crippen LogP contribution in [0.25, 0.3) is 0 Å². The van der Waals surface area contributed by atoms with E-state index < -0.39 is 23.8 Å². The zero-order valence-corrected chi connectivity index (χ0v) is 12.9. The van der Waals surface area contributed by atoms with Crippen molar-refractivity contribution in [1.82, 2.24) is 15.0 Å². The van der Waals surface area contributed by atoms with Gasteiger partial charge in [-0.15, -0.1) is 5.10 Å². The van der Waals surface area contributed by atoms with E-state index >= 15 is 0 Å². The summed E-state index contributed by atoms with van der Waals surface area (Å²) in [5.74, 6) is -0.356. The van der Waals surface area contributed by atoms with Crippen LogP contribution in [0, 0.1) is 0 Å². The maximum atomic E-state index is 11.5. The molecule has 3 aliphatic heterocycles. The van der Waals surface area contributed by atoms with E-state index in [-0.39, 0.29) is 6.10 Å². The van der Waals surface area contributed by atoms with Gasteiger partial charge in [-0.2, -0.15) is 0 Å². The molecule has 1 aromatic heterocycles. The molecule has 2 saturated heterocycles. The summed E-state index contributed by atoms with van der Waals surface area (Å²) >= 11 is 0. The van der Waals surface area contributed by atoms with Gasteiger partial charge in [0.25, 0.3) is 0 Å². The molecule has 5 rings (SSSR count). The van der Waals surface area contributed by atoms with Crippen LogP contribution in [-0.2, 0) is 26.4 Å². The van der Waals surface area contributed by atoms with Gasteiger partial charge in [0.1, 0.15) is 12.2 Å². The molecule has 4 atom stereocenters. The summed E-state index contributed by atoms with van der Waals surface area (Å²) in [5.41, 5.74) is 0.512. The second-order valence-corrected chi connectivity index (χ2v) is 7.36. The minimum absolute atomic E-state index is 0.371. The van der Waals surface area contributed by atoms with Crippen molar-refractivity contribution in [2.24, 2.45) is 0 Å². The van der Waals surface area contributed by atoms with E-state index in [9.17, 15) is 5.11 Å². The molecule has 4 unspecified atom stereocenters. The highest BCUT2D eigenvalue weighted by molar-refractivity contribution is 5.32. The first-order valence-corrected chi connectivity index (χ1v) is 8.16. The average molecular weight is 307 g/mol. The third kappa shape index (κ3) is 1.55. The lowest BCUT2D eigenvalue weighted by Gasteiger charge is -2.29. The maximum Gasteiger partial charge on any atom is 0.191 e. The summed E-state index contributed by atoms with van der Waals surface area (Å²) < 4.78 is 19.5. The minimum Gasteiger partial charge on any atom is -0.378 e. The lowest BCUT2D eigenvalue weighted by molar-refractivity contribution is -0.228. The highest BCUT2D eigenvalue weighted by atomic mass is 16.8. The van der Waals surface area contributed by atoms with E-state index in [0.29, 0.717) is 12.5 Å². The lowest BCUT2D eigenvalue weighted by Crippen LogP contribution is -2.44. The molecule has 0 spiro atoms. The number of hydrogen-bond donors (Lipinski definition) is 1. The van der Waals surface area contributed by atoms with E-state index in [1.165, 1.54) is 12.8 Å². The molecule has 4 aliphatic rings. The highest BCUT2D eigenvalue weighted by Crippen LogP contribution is 2.53. The van der Waals surface area contributed by atoms with Gasteiger partial charge in [-0.25, -0.2) is 4.68 Å². The standard InChI is InChI=1S/C15H21N3O4/c1-14(2)21-12-13(22-14)20-9-7-18-11(15(9,12)19)10(16-17-18)8-5-3-4-6-8/h8-9,12-13,19H,3-7H2,1-2H3. The molecular formula is C15H21N3O4. The number of fused-ring (bicyclic) bond motifs is 5. The van der Waals surface area contributed by atoms with Gasteiger partial charge in [0.2, 0.25) is 0 Å². The van der Waals surface area contributed by atoms with Gasteiger partial charge < -0.3 is 19.3 Å². The topological polar surface area (TPSA) is 78.6 Å². The first-order valence-electron chi connectivity index (χ1n) is 8.16. The van der Waals surface area contributed by atoms with E-state index in [1.807, 2.05) is 13.8 Å². The molecule has 1 aliphatic carbocycles. The van der Waals surface area contributed by atoms with Crippen molar-refractivity contribution in [1.29, 1.82) is 0 Å². The van der Waals surface area contributed by atoms with Gasteiger partial charge in [0.05, 0.1) is 17.9 Å². The average Bonchev–Trinajstić information content (AvgIpc) is 3.18. The monoisotopic (exact) mass is 307 g/mol. The van der Waals surface area contributed by atoms with Crippen molar-refractivity contribution >= 4 is 0 Å². The van der Waals surface area contributed by atoms with Crippen LogP contribution in [0.15, 0.2) is 0 Å². The largest absolute Gasteiger partial charge is 0.378 e. The van der Waals surface area contributed by atoms with Crippen LogP contribution < -0.4 is 0 Å². The van der Waals surface area contributed by atoms with Crippen molar-refractivity contribution in [2.45, 2.75) is 81.9 Å². The summed E-state index contributed by atoms with van der Waals surface area (Å²) in [6.07, 6.45) is 3.25. The SMILES string of the molecule is CC1(C)OC2OC3Cn4nnc(C5CCCC5)c4C3(O)C2O1. The molecule has 7 nitrogen and oxygen atoms in total. The van der Waals surface area contributed by atoms with Crippen molar-refractivity contribution in [3.63, 3.8) is 0 Å². The van der Waals surface area contributed by atoms with Crippen LogP contribution in [0.3, 0.4) is 0 Å². The predicted octanol–water partition coefficient (Wildman–Crippen LogP) is 1.01. The van der Waals surface area contributed by atoms with Crippen LogP contribution in [0.5, 0.6) is 0 Å². The molecule has 0 bridgehead atoms. The molecule has 0 amide bonds. The number of ether oxygens (including phenoxy) is 3. The highest BCUT2D eigenvalue weighted by Gasteiger charge is 2.68. The lowest BCUT2D eigenvalue weighted by atomic mass is 9.87. The molecule has 3 fully saturated rings. The number of rotatable bonds is 1. The normalized spacial score (nSPS) is 42.6. The number of aromatic nitrogens is 3. The Morgan fingerprint density at radius 1 is 1.23 bits per heavy atom. The first-order chi connectivity index (χ1) is 10.5. The molecule has 0 radical (unpaired) electrons. The molecule has 22 heavy (non-hydrogen) atoms. The zero-order valence-electron chi connectivity index (χ0n) is 12.9. The number of nitrogens with zero attached hydrogens (tertiary/aromatic N) is 3. The van der Waals surface area contributed by atoms with Crippen LogP contribution in [0.2, 0.25) is 0 Å². The third-order valence-electron chi connectivity index (χ3n) is 5.50. The van der Waals surface area contributed by atoms with Gasteiger partial charge in [0, 0.05) is 5.92 Å². The van der Waals surface area contributed by atoms with Crippen molar-refractivity contribution in [2.75, 3.05) is 0 Å². The molecule has 120 valence electrons. The first kappa shape index (κ1) is 13.4. The van der Waals surface area contributed by atoms with Gasteiger partial charge >= 0.3 is 0 Å². The second kappa shape index (κ2) is 4.08. The summed E-state index contributed by atoms with van der Waals surface area (Å²) in [6, 6.07) is 0. The second-order valence-electron chi connectivity index (χ2n) is 7.36. The van der Waals surface area contributed by atoms with Crippen LogP contribution in [-0.4, -0.2) is 44.4 Å². The minimum atomic E-state index is -1.21. The molecule has 7 heteroatoms. The Balaban J connectivity index is 1.59. The Kier molecular flexibility index (Phi) is 2.49. The summed E-state index contributed by atoms with van der Waals surface area (Å²) in [7, 11) is 0. The van der Waals surface area contributed by atoms with Crippen LogP contribution in [0.4, 0.5) is 0 Å². The fourth-order valence-electron chi connectivity index (χ4n) is 4.54. The van der Waals surface area contributed by atoms with Crippen molar-refractivity contribution in [3.05, 3.63) is 11.4 Å². The Hall–Kier alpha value is -1.02. The van der Waals surface area contributed by atoms with Crippen molar-refractivity contribution < 1.29 is 19.3 Å². The Morgan fingerprint density at radius 2 is 2.00 bits per heavy atom. The number of aliphatic hydroxyl groups is 1. The van der Waals surface area contributed by atoms with E-state index in [1.54, 1.807) is 4.68 Å². The number of hydrogen-bond acceptors (Lipinski definition) is 6. The van der Waals surface area contributed by atoms with E-state index in [2.05, 4.69) is 10.3 Å². The third-order valence-corrected chi connectivity index (χ3v) is 5.50. The Morgan fingerprint density at radius 3 is 2.77 bits per heavy atom. The molecule has 0 aromatic carbocycles. The molecule has 4 heterocycles. The molecular weight excluding hydrogens is 286 g/mol. The maximum absolute atomic E-state index is 11.5. The Bertz CT molecular complexity index is 624. The van der Waals surface area contributed by atoms with Gasteiger partial charge in [-0.1, -0.05) is 18.1 Å². The smallest absolute Gasteiger partial charge is 0.191 e. The quantitative estimate of drug-likeness (QED) is 0.834. The fraction of sp³-hybridized carbons (Fsp3) is 0.867. The van der Waals surface area contributed by atoms with E-state index in [0.717, 1.165) is 24.2 Å². The summed E-state index contributed by atoms with van der Waals surface area (Å²) in [4.78, 5) is 0. The van der Waals surface area contributed by atoms with E-state index in [4.69, 9.17) is 14.2 Å². The van der Waals surface area contributed by atoms with Crippen LogP contribution in [0.1, 0.15) is 56.8 Å². The van der Waals surface area contributed by atoms with Gasteiger partial charge in [-0.3, -0.25) is 0 Å². The van der Waals surface area contributed by atoms with Crippen molar-refractivity contribution in [3.8, 4) is 0 Å².